The molecule has 1 aromatic rings. The van der Waals surface area contributed by atoms with Crippen LogP contribution in [0.2, 0.25) is 0 Å². The summed E-state index contributed by atoms with van der Waals surface area (Å²) in [5.74, 6) is 5.11. The van der Waals surface area contributed by atoms with Gasteiger partial charge in [-0.05, 0) is 74.2 Å². The molecule has 2 saturated carbocycles. The molecule has 1 aromatic heterocycles. The number of hydrogen-bond donors (Lipinski definition) is 0. The standard InChI is InChI=1S/C24H40N2/c1-3-5-6-21-17-25-24(26-18-21)16-11-20-9-14-23(15-10-20)22-12-7-19(4-2)8-13-22/h17-20,22-23H,3-16H2,1-2H3. The molecular weight excluding hydrogens is 316 g/mol. The van der Waals surface area contributed by atoms with Gasteiger partial charge < -0.3 is 0 Å². The van der Waals surface area contributed by atoms with Crippen LogP contribution in [0.25, 0.3) is 0 Å². The predicted octanol–water partition coefficient (Wildman–Crippen LogP) is 6.77. The van der Waals surface area contributed by atoms with Crippen molar-refractivity contribution in [2.24, 2.45) is 23.7 Å². The van der Waals surface area contributed by atoms with Gasteiger partial charge in [0.05, 0.1) is 0 Å². The molecule has 2 aliphatic carbocycles. The van der Waals surface area contributed by atoms with Crippen molar-refractivity contribution < 1.29 is 0 Å². The van der Waals surface area contributed by atoms with Crippen molar-refractivity contribution >= 4 is 0 Å². The molecule has 0 atom stereocenters. The first-order valence-corrected chi connectivity index (χ1v) is 11.6. The van der Waals surface area contributed by atoms with Gasteiger partial charge in [-0.15, -0.1) is 0 Å². The number of aromatic nitrogens is 2. The SMILES string of the molecule is CCCCc1cnc(CCC2CCC(C3CCC(CC)CC3)CC2)nc1. The fraction of sp³-hybridized carbons (Fsp3) is 0.833. The Morgan fingerprint density at radius 1 is 0.769 bits per heavy atom. The molecule has 146 valence electrons. The van der Waals surface area contributed by atoms with Crippen molar-refractivity contribution in [3.63, 3.8) is 0 Å². The molecule has 0 radical (unpaired) electrons. The van der Waals surface area contributed by atoms with Crippen molar-refractivity contribution in [3.05, 3.63) is 23.8 Å². The Hall–Kier alpha value is -0.920. The summed E-state index contributed by atoms with van der Waals surface area (Å²) in [5.41, 5.74) is 1.30. The molecule has 26 heavy (non-hydrogen) atoms. The summed E-state index contributed by atoms with van der Waals surface area (Å²) >= 11 is 0. The van der Waals surface area contributed by atoms with Gasteiger partial charge in [-0.3, -0.25) is 0 Å². The molecule has 2 fully saturated rings. The van der Waals surface area contributed by atoms with Gasteiger partial charge in [0.2, 0.25) is 0 Å². The van der Waals surface area contributed by atoms with E-state index in [4.69, 9.17) is 0 Å². The van der Waals surface area contributed by atoms with E-state index in [1.807, 2.05) is 0 Å². The Kier molecular flexibility index (Phi) is 7.95. The Balaban J connectivity index is 1.35. The quantitative estimate of drug-likeness (QED) is 0.513. The summed E-state index contributed by atoms with van der Waals surface area (Å²) < 4.78 is 0. The number of hydrogen-bond acceptors (Lipinski definition) is 2. The first-order chi connectivity index (χ1) is 12.8. The Bertz CT molecular complexity index is 493. The van der Waals surface area contributed by atoms with E-state index in [-0.39, 0.29) is 0 Å². The second-order valence-corrected chi connectivity index (χ2v) is 9.12. The molecule has 0 saturated heterocycles. The van der Waals surface area contributed by atoms with Crippen molar-refractivity contribution in [2.75, 3.05) is 0 Å². The summed E-state index contributed by atoms with van der Waals surface area (Å²) in [5, 5.41) is 0. The maximum atomic E-state index is 4.61. The smallest absolute Gasteiger partial charge is 0.128 e. The normalized spacial score (nSPS) is 29.6. The Labute approximate surface area is 161 Å². The fourth-order valence-electron chi connectivity index (χ4n) is 5.37. The average molecular weight is 357 g/mol. The lowest BCUT2D eigenvalue weighted by Gasteiger charge is -2.37. The van der Waals surface area contributed by atoms with E-state index in [1.54, 1.807) is 0 Å². The maximum absolute atomic E-state index is 4.61. The van der Waals surface area contributed by atoms with Crippen molar-refractivity contribution in [1.82, 2.24) is 9.97 Å². The fourth-order valence-corrected chi connectivity index (χ4v) is 5.37. The van der Waals surface area contributed by atoms with Gasteiger partial charge in [-0.25, -0.2) is 9.97 Å². The lowest BCUT2D eigenvalue weighted by atomic mass is 9.68. The van der Waals surface area contributed by atoms with Crippen LogP contribution in [-0.4, -0.2) is 9.97 Å². The van der Waals surface area contributed by atoms with E-state index in [2.05, 4.69) is 36.2 Å². The highest BCUT2D eigenvalue weighted by molar-refractivity contribution is 5.05. The predicted molar refractivity (Wildman–Crippen MR) is 110 cm³/mol. The molecular formula is C24H40N2. The minimum atomic E-state index is 0.918. The lowest BCUT2D eigenvalue weighted by molar-refractivity contribution is 0.142. The number of rotatable bonds is 8. The van der Waals surface area contributed by atoms with Crippen molar-refractivity contribution in [3.8, 4) is 0 Å². The molecule has 2 aliphatic rings. The Morgan fingerprint density at radius 3 is 1.88 bits per heavy atom. The zero-order valence-corrected chi connectivity index (χ0v) is 17.3. The van der Waals surface area contributed by atoms with Crippen molar-refractivity contribution in [1.29, 1.82) is 0 Å². The van der Waals surface area contributed by atoms with Gasteiger partial charge in [-0.1, -0.05) is 52.4 Å². The second-order valence-electron chi connectivity index (χ2n) is 9.12. The van der Waals surface area contributed by atoms with Crippen LogP contribution in [0.5, 0.6) is 0 Å². The van der Waals surface area contributed by atoms with Gasteiger partial charge >= 0.3 is 0 Å². The van der Waals surface area contributed by atoms with E-state index < -0.39 is 0 Å². The highest BCUT2D eigenvalue weighted by Gasteiger charge is 2.30. The minimum Gasteiger partial charge on any atom is -0.241 e. The maximum Gasteiger partial charge on any atom is 0.128 e. The first kappa shape index (κ1) is 19.8. The highest BCUT2D eigenvalue weighted by atomic mass is 14.9. The minimum absolute atomic E-state index is 0.918. The van der Waals surface area contributed by atoms with E-state index in [0.29, 0.717) is 0 Å². The van der Waals surface area contributed by atoms with Gasteiger partial charge in [0.15, 0.2) is 0 Å². The second kappa shape index (κ2) is 10.4. The number of nitrogens with zero attached hydrogens (tertiary/aromatic N) is 2. The monoisotopic (exact) mass is 356 g/mol. The Morgan fingerprint density at radius 2 is 1.35 bits per heavy atom. The average Bonchev–Trinajstić information content (AvgIpc) is 2.72. The van der Waals surface area contributed by atoms with Crippen LogP contribution in [0.15, 0.2) is 12.4 Å². The molecule has 0 bridgehead atoms. The molecule has 0 amide bonds. The lowest BCUT2D eigenvalue weighted by Crippen LogP contribution is -2.26. The van der Waals surface area contributed by atoms with Crippen LogP contribution in [0.1, 0.15) is 102 Å². The number of aryl methyl sites for hydroxylation is 2. The van der Waals surface area contributed by atoms with Crippen molar-refractivity contribution in [2.45, 2.75) is 104 Å². The van der Waals surface area contributed by atoms with Crippen LogP contribution in [0, 0.1) is 23.7 Å². The van der Waals surface area contributed by atoms with Crippen LogP contribution in [0.3, 0.4) is 0 Å². The highest BCUT2D eigenvalue weighted by Crippen LogP contribution is 2.42. The van der Waals surface area contributed by atoms with Gasteiger partial charge in [0, 0.05) is 18.8 Å². The largest absolute Gasteiger partial charge is 0.241 e. The van der Waals surface area contributed by atoms with Gasteiger partial charge in [0.1, 0.15) is 5.82 Å². The third kappa shape index (κ3) is 5.79. The zero-order chi connectivity index (χ0) is 18.2. The molecule has 2 heteroatoms. The van der Waals surface area contributed by atoms with Gasteiger partial charge in [0.25, 0.3) is 0 Å². The third-order valence-corrected chi connectivity index (χ3v) is 7.38. The van der Waals surface area contributed by atoms with Crippen LogP contribution in [0.4, 0.5) is 0 Å². The molecule has 3 rings (SSSR count). The molecule has 0 spiro atoms. The van der Waals surface area contributed by atoms with Crippen LogP contribution in [-0.2, 0) is 12.8 Å². The summed E-state index contributed by atoms with van der Waals surface area (Å²) in [6.45, 7) is 4.61. The first-order valence-electron chi connectivity index (χ1n) is 11.6. The zero-order valence-electron chi connectivity index (χ0n) is 17.3. The topological polar surface area (TPSA) is 25.8 Å². The van der Waals surface area contributed by atoms with E-state index in [9.17, 15) is 0 Å². The summed E-state index contributed by atoms with van der Waals surface area (Å²) in [6, 6.07) is 0. The van der Waals surface area contributed by atoms with E-state index in [0.717, 1.165) is 42.3 Å². The summed E-state index contributed by atoms with van der Waals surface area (Å²) in [7, 11) is 0. The molecule has 0 N–H and O–H groups in total. The summed E-state index contributed by atoms with van der Waals surface area (Å²) in [4.78, 5) is 9.22. The van der Waals surface area contributed by atoms with E-state index in [1.165, 1.54) is 82.6 Å². The van der Waals surface area contributed by atoms with Crippen LogP contribution < -0.4 is 0 Å². The molecule has 0 aliphatic heterocycles. The van der Waals surface area contributed by atoms with E-state index >= 15 is 0 Å². The molecule has 0 unspecified atom stereocenters. The molecule has 0 aromatic carbocycles. The van der Waals surface area contributed by atoms with Crippen LogP contribution >= 0.6 is 0 Å². The molecule has 2 nitrogen and oxygen atoms in total. The number of unbranched alkanes of at least 4 members (excludes halogenated alkanes) is 1. The van der Waals surface area contributed by atoms with Gasteiger partial charge in [-0.2, -0.15) is 0 Å². The molecule has 1 heterocycles. The summed E-state index contributed by atoms with van der Waals surface area (Å²) in [6.07, 6.45) is 23.4. The third-order valence-electron chi connectivity index (χ3n) is 7.38.